The van der Waals surface area contributed by atoms with Gasteiger partial charge in [0.2, 0.25) is 5.76 Å². The minimum absolute atomic E-state index is 0.126. The normalized spacial score (nSPS) is 10.4. The van der Waals surface area contributed by atoms with E-state index in [1.807, 2.05) is 0 Å². The second kappa shape index (κ2) is 4.48. The Morgan fingerprint density at radius 1 is 1.50 bits per heavy atom. The van der Waals surface area contributed by atoms with E-state index in [4.69, 9.17) is 9.84 Å². The molecule has 0 bridgehead atoms. The lowest BCUT2D eigenvalue weighted by molar-refractivity contribution is 0.0652. The molecule has 0 amide bonds. The van der Waals surface area contributed by atoms with Crippen LogP contribution < -0.4 is 4.74 Å². The highest BCUT2D eigenvalue weighted by Crippen LogP contribution is 2.32. The van der Waals surface area contributed by atoms with Crippen LogP contribution in [0.3, 0.4) is 0 Å². The molecule has 0 atom stereocenters. The maximum Gasteiger partial charge on any atom is 0.374 e. The number of ether oxygens (including phenoxy) is 1. The SMILES string of the molecule is COc1ccc(F)c(-c2cc(C(=O)O)on2)c1C. The fourth-order valence-corrected chi connectivity index (χ4v) is 1.69. The molecule has 0 aliphatic heterocycles. The van der Waals surface area contributed by atoms with Crippen LogP contribution in [0.15, 0.2) is 22.7 Å². The van der Waals surface area contributed by atoms with Crippen LogP contribution in [-0.4, -0.2) is 23.3 Å². The Kier molecular flexibility index (Phi) is 3.01. The van der Waals surface area contributed by atoms with Gasteiger partial charge in [-0.25, -0.2) is 9.18 Å². The van der Waals surface area contributed by atoms with Crippen molar-refractivity contribution in [3.8, 4) is 17.0 Å². The molecule has 1 aromatic carbocycles. The van der Waals surface area contributed by atoms with Crippen molar-refractivity contribution in [3.63, 3.8) is 0 Å². The number of hydrogen-bond donors (Lipinski definition) is 1. The number of aromatic nitrogens is 1. The Bertz CT molecular complexity index is 606. The van der Waals surface area contributed by atoms with Crippen LogP contribution in [0.2, 0.25) is 0 Å². The van der Waals surface area contributed by atoms with Crippen LogP contribution in [0.25, 0.3) is 11.3 Å². The maximum absolute atomic E-state index is 13.8. The lowest BCUT2D eigenvalue weighted by Crippen LogP contribution is -1.94. The molecule has 0 radical (unpaired) electrons. The van der Waals surface area contributed by atoms with E-state index >= 15 is 0 Å². The molecular formula is C12H10FNO4. The van der Waals surface area contributed by atoms with E-state index in [-0.39, 0.29) is 17.0 Å². The first-order valence-electron chi connectivity index (χ1n) is 5.08. The number of hydrogen-bond acceptors (Lipinski definition) is 4. The minimum atomic E-state index is -1.25. The topological polar surface area (TPSA) is 72.6 Å². The van der Waals surface area contributed by atoms with Crippen LogP contribution in [0, 0.1) is 12.7 Å². The minimum Gasteiger partial charge on any atom is -0.496 e. The second-order valence-corrected chi connectivity index (χ2v) is 3.63. The number of carbonyl (C=O) groups is 1. The number of aromatic carboxylic acids is 1. The molecular weight excluding hydrogens is 241 g/mol. The van der Waals surface area contributed by atoms with E-state index in [1.54, 1.807) is 6.92 Å². The van der Waals surface area contributed by atoms with Gasteiger partial charge in [0.25, 0.3) is 0 Å². The summed E-state index contributed by atoms with van der Waals surface area (Å²) < 4.78 is 23.5. The van der Waals surface area contributed by atoms with Crippen molar-refractivity contribution in [2.45, 2.75) is 6.92 Å². The molecule has 0 aliphatic rings. The molecule has 0 aliphatic carbocycles. The molecule has 6 heteroatoms. The molecule has 0 saturated heterocycles. The van der Waals surface area contributed by atoms with Gasteiger partial charge in [-0.1, -0.05) is 5.16 Å². The van der Waals surface area contributed by atoms with E-state index in [2.05, 4.69) is 9.68 Å². The molecule has 0 fully saturated rings. The number of carboxylic acid groups (broad SMARTS) is 1. The summed E-state index contributed by atoms with van der Waals surface area (Å²) in [6, 6.07) is 3.90. The molecule has 0 unspecified atom stereocenters. The molecule has 1 heterocycles. The largest absolute Gasteiger partial charge is 0.496 e. The fraction of sp³-hybridized carbons (Fsp3) is 0.167. The van der Waals surface area contributed by atoms with Crippen molar-refractivity contribution < 1.29 is 23.6 Å². The van der Waals surface area contributed by atoms with E-state index in [9.17, 15) is 9.18 Å². The van der Waals surface area contributed by atoms with E-state index < -0.39 is 11.8 Å². The Morgan fingerprint density at radius 3 is 2.78 bits per heavy atom. The number of methoxy groups -OCH3 is 1. The molecule has 1 N–H and O–H groups in total. The quantitative estimate of drug-likeness (QED) is 0.907. The highest BCUT2D eigenvalue weighted by molar-refractivity contribution is 5.86. The summed E-state index contributed by atoms with van der Waals surface area (Å²) in [7, 11) is 1.47. The van der Waals surface area contributed by atoms with Gasteiger partial charge >= 0.3 is 5.97 Å². The van der Waals surface area contributed by atoms with Crippen LogP contribution >= 0.6 is 0 Å². The lowest BCUT2D eigenvalue weighted by atomic mass is 10.0. The van der Waals surface area contributed by atoms with Gasteiger partial charge < -0.3 is 14.4 Å². The van der Waals surface area contributed by atoms with Crippen LogP contribution in [0.5, 0.6) is 5.75 Å². The fourth-order valence-electron chi connectivity index (χ4n) is 1.69. The van der Waals surface area contributed by atoms with Crippen LogP contribution in [0.4, 0.5) is 4.39 Å². The van der Waals surface area contributed by atoms with Crippen molar-refractivity contribution >= 4 is 5.97 Å². The third-order valence-corrected chi connectivity index (χ3v) is 2.56. The molecule has 0 spiro atoms. The van der Waals surface area contributed by atoms with Gasteiger partial charge in [0.1, 0.15) is 17.3 Å². The maximum atomic E-state index is 13.8. The Balaban J connectivity index is 2.58. The average molecular weight is 251 g/mol. The lowest BCUT2D eigenvalue weighted by Gasteiger charge is -2.08. The molecule has 2 rings (SSSR count). The zero-order chi connectivity index (χ0) is 13.3. The number of halogens is 1. The Morgan fingerprint density at radius 2 is 2.22 bits per heavy atom. The van der Waals surface area contributed by atoms with Crippen LogP contribution in [-0.2, 0) is 0 Å². The molecule has 1 aromatic heterocycles. The predicted octanol–water partition coefficient (Wildman–Crippen LogP) is 2.50. The molecule has 0 saturated carbocycles. The first-order chi connectivity index (χ1) is 8.54. The standard InChI is InChI=1S/C12H10FNO4/c1-6-9(17-2)4-3-7(13)11(6)8-5-10(12(15)16)18-14-8/h3-5H,1-2H3,(H,15,16). The summed E-state index contributed by atoms with van der Waals surface area (Å²) in [5, 5.41) is 12.3. The van der Waals surface area contributed by atoms with Crippen LogP contribution in [0.1, 0.15) is 16.1 Å². The van der Waals surface area contributed by atoms with Gasteiger partial charge in [-0.05, 0) is 19.1 Å². The number of rotatable bonds is 3. The molecule has 94 valence electrons. The first kappa shape index (κ1) is 12.1. The third kappa shape index (κ3) is 1.92. The smallest absolute Gasteiger partial charge is 0.374 e. The second-order valence-electron chi connectivity index (χ2n) is 3.63. The predicted molar refractivity (Wildman–Crippen MR) is 60.1 cm³/mol. The van der Waals surface area contributed by atoms with Crippen molar-refractivity contribution in [2.75, 3.05) is 7.11 Å². The number of carboxylic acids is 1. The first-order valence-corrected chi connectivity index (χ1v) is 5.08. The highest BCUT2D eigenvalue weighted by atomic mass is 19.1. The van der Waals surface area contributed by atoms with Gasteiger partial charge in [0.15, 0.2) is 0 Å². The summed E-state index contributed by atoms with van der Waals surface area (Å²) >= 11 is 0. The molecule has 5 nitrogen and oxygen atoms in total. The number of nitrogens with zero attached hydrogens (tertiary/aromatic N) is 1. The zero-order valence-corrected chi connectivity index (χ0v) is 9.73. The summed E-state index contributed by atoms with van der Waals surface area (Å²) in [5.41, 5.74) is 0.828. The summed E-state index contributed by atoms with van der Waals surface area (Å²) in [4.78, 5) is 10.7. The van der Waals surface area contributed by atoms with Gasteiger partial charge in [0, 0.05) is 17.2 Å². The van der Waals surface area contributed by atoms with Gasteiger partial charge in [-0.15, -0.1) is 0 Å². The van der Waals surface area contributed by atoms with E-state index in [0.29, 0.717) is 11.3 Å². The highest BCUT2D eigenvalue weighted by Gasteiger charge is 2.18. The van der Waals surface area contributed by atoms with Crippen molar-refractivity contribution in [1.29, 1.82) is 0 Å². The number of benzene rings is 1. The van der Waals surface area contributed by atoms with E-state index in [0.717, 1.165) is 0 Å². The Hall–Kier alpha value is -2.37. The molecule has 18 heavy (non-hydrogen) atoms. The zero-order valence-electron chi connectivity index (χ0n) is 9.73. The van der Waals surface area contributed by atoms with Gasteiger partial charge in [-0.2, -0.15) is 0 Å². The van der Waals surface area contributed by atoms with Gasteiger partial charge in [0.05, 0.1) is 7.11 Å². The monoisotopic (exact) mass is 251 g/mol. The van der Waals surface area contributed by atoms with Crippen molar-refractivity contribution in [3.05, 3.63) is 35.3 Å². The van der Waals surface area contributed by atoms with E-state index in [1.165, 1.54) is 25.3 Å². The summed E-state index contributed by atoms with van der Waals surface area (Å²) in [6.07, 6.45) is 0. The Labute approximate surface area is 102 Å². The summed E-state index contributed by atoms with van der Waals surface area (Å²) in [6.45, 7) is 1.66. The molecule has 2 aromatic rings. The van der Waals surface area contributed by atoms with Crippen molar-refractivity contribution in [2.24, 2.45) is 0 Å². The average Bonchev–Trinajstić information content (AvgIpc) is 2.79. The third-order valence-electron chi connectivity index (χ3n) is 2.56. The van der Waals surface area contributed by atoms with Crippen molar-refractivity contribution in [1.82, 2.24) is 5.16 Å². The summed E-state index contributed by atoms with van der Waals surface area (Å²) in [5.74, 6) is -1.62. The van der Waals surface area contributed by atoms with Gasteiger partial charge in [-0.3, -0.25) is 0 Å².